The normalized spacial score (nSPS) is 11.9. The maximum absolute atomic E-state index is 11.3. The highest BCUT2D eigenvalue weighted by Gasteiger charge is 2.16. The molecule has 0 unspecified atom stereocenters. The highest BCUT2D eigenvalue weighted by molar-refractivity contribution is 7.90. The Morgan fingerprint density at radius 2 is 2.11 bits per heavy atom. The number of benzene rings is 1. The van der Waals surface area contributed by atoms with Gasteiger partial charge in [0.1, 0.15) is 0 Å². The van der Waals surface area contributed by atoms with E-state index in [1.54, 1.807) is 6.08 Å². The van der Waals surface area contributed by atoms with Crippen LogP contribution in [0.15, 0.2) is 29.2 Å². The number of hydrogen-bond acceptors (Lipinski definition) is 5. The molecule has 0 aliphatic carbocycles. The second kappa shape index (κ2) is 5.74. The minimum absolute atomic E-state index is 0.0499. The van der Waals surface area contributed by atoms with Gasteiger partial charge in [-0.2, -0.15) is 0 Å². The lowest BCUT2D eigenvalue weighted by atomic mass is 10.1. The summed E-state index contributed by atoms with van der Waals surface area (Å²) in [6.45, 7) is -0.0499. The van der Waals surface area contributed by atoms with Gasteiger partial charge in [0.2, 0.25) is 0 Å². The number of nitro groups is 1. The highest BCUT2D eigenvalue weighted by atomic mass is 32.2. The number of hydrogen-bond donors (Lipinski definition) is 1. The fourth-order valence-electron chi connectivity index (χ4n) is 1.34. The van der Waals surface area contributed by atoms with Crippen molar-refractivity contribution in [3.63, 3.8) is 0 Å². The van der Waals surface area contributed by atoms with E-state index in [2.05, 4.69) is 0 Å². The van der Waals surface area contributed by atoms with Crippen LogP contribution in [0.25, 0.3) is 6.08 Å². The third-order valence-corrected chi connectivity index (χ3v) is 3.33. The van der Waals surface area contributed by atoms with Crippen molar-refractivity contribution in [1.29, 1.82) is 0 Å². The van der Waals surface area contributed by atoms with E-state index in [1.165, 1.54) is 18.2 Å². The van der Waals surface area contributed by atoms with Crippen molar-refractivity contribution < 1.29 is 18.4 Å². The second-order valence-corrected chi connectivity index (χ2v) is 5.68. The Hall–Kier alpha value is -1.73. The van der Waals surface area contributed by atoms with Gasteiger partial charge in [-0.1, -0.05) is 12.2 Å². The van der Waals surface area contributed by atoms with Crippen molar-refractivity contribution in [3.8, 4) is 0 Å². The van der Waals surface area contributed by atoms with Gasteiger partial charge in [-0.15, -0.1) is 0 Å². The predicted octanol–water partition coefficient (Wildman–Crippen LogP) is 1.39. The van der Waals surface area contributed by atoms with E-state index in [1.807, 2.05) is 0 Å². The topological polar surface area (TPSA) is 97.5 Å². The van der Waals surface area contributed by atoms with E-state index in [0.717, 1.165) is 12.3 Å². The lowest BCUT2D eigenvalue weighted by Crippen LogP contribution is -2.00. The van der Waals surface area contributed by atoms with Crippen LogP contribution in [0.3, 0.4) is 0 Å². The summed E-state index contributed by atoms with van der Waals surface area (Å²) in [6.07, 6.45) is 4.45. The minimum atomic E-state index is -3.47. The first-order valence-electron chi connectivity index (χ1n) is 5.12. The number of rotatable bonds is 5. The van der Waals surface area contributed by atoms with E-state index in [4.69, 9.17) is 5.11 Å². The molecule has 0 aliphatic heterocycles. The van der Waals surface area contributed by atoms with Gasteiger partial charge in [-0.3, -0.25) is 10.1 Å². The Bertz CT molecular complexity index is 577. The molecule has 1 aromatic rings. The van der Waals surface area contributed by atoms with E-state index >= 15 is 0 Å². The van der Waals surface area contributed by atoms with Gasteiger partial charge in [0.15, 0.2) is 9.84 Å². The fraction of sp³-hybridized carbons (Fsp3) is 0.273. The van der Waals surface area contributed by atoms with Crippen molar-refractivity contribution >= 4 is 21.6 Å². The van der Waals surface area contributed by atoms with Gasteiger partial charge in [-0.25, -0.2) is 8.42 Å². The molecule has 0 fully saturated rings. The number of nitrogens with zero attached hydrogens (tertiary/aromatic N) is 1. The van der Waals surface area contributed by atoms with Gasteiger partial charge in [0.25, 0.3) is 5.69 Å². The van der Waals surface area contributed by atoms with Crippen LogP contribution in [-0.2, 0) is 9.84 Å². The Morgan fingerprint density at radius 1 is 1.44 bits per heavy atom. The smallest absolute Gasteiger partial charge is 0.277 e. The summed E-state index contributed by atoms with van der Waals surface area (Å²) in [7, 11) is -3.47. The molecule has 0 saturated carbocycles. The maximum Gasteiger partial charge on any atom is 0.277 e. The average molecular weight is 271 g/mol. The van der Waals surface area contributed by atoms with E-state index in [-0.39, 0.29) is 17.2 Å². The minimum Gasteiger partial charge on any atom is -0.396 e. The molecule has 6 nitrogen and oxygen atoms in total. The number of aliphatic hydroxyl groups is 1. The van der Waals surface area contributed by atoms with E-state index in [0.29, 0.717) is 12.0 Å². The van der Waals surface area contributed by atoms with Crippen molar-refractivity contribution in [3.05, 3.63) is 40.0 Å². The van der Waals surface area contributed by atoms with Crippen LogP contribution in [0, 0.1) is 10.1 Å². The number of aliphatic hydroxyl groups excluding tert-OH is 1. The standard InChI is InChI=1S/C11H13NO5S/c1-18(16,17)10-6-5-9(4-2-3-7-13)11(8-10)12(14)15/h2,4-6,8,13H,3,7H2,1H3. The zero-order chi connectivity index (χ0) is 13.8. The van der Waals surface area contributed by atoms with Crippen LogP contribution in [0.1, 0.15) is 12.0 Å². The summed E-state index contributed by atoms with van der Waals surface area (Å²) in [5.74, 6) is 0. The van der Waals surface area contributed by atoms with Crippen LogP contribution < -0.4 is 0 Å². The Balaban J connectivity index is 3.25. The molecule has 18 heavy (non-hydrogen) atoms. The van der Waals surface area contributed by atoms with Crippen molar-refractivity contribution in [2.24, 2.45) is 0 Å². The monoisotopic (exact) mass is 271 g/mol. The fourth-order valence-corrected chi connectivity index (χ4v) is 1.98. The molecule has 1 N–H and O–H groups in total. The van der Waals surface area contributed by atoms with Crippen LogP contribution in [0.2, 0.25) is 0 Å². The van der Waals surface area contributed by atoms with E-state index < -0.39 is 14.8 Å². The molecule has 98 valence electrons. The molecule has 0 spiro atoms. The Morgan fingerprint density at radius 3 is 2.61 bits per heavy atom. The highest BCUT2D eigenvalue weighted by Crippen LogP contribution is 2.24. The summed E-state index contributed by atoms with van der Waals surface area (Å²) in [4.78, 5) is 10.1. The molecule has 0 saturated heterocycles. The molecule has 0 aliphatic rings. The summed E-state index contributed by atoms with van der Waals surface area (Å²) < 4.78 is 22.6. The van der Waals surface area contributed by atoms with Gasteiger partial charge in [0.05, 0.1) is 15.4 Å². The molecule has 1 rings (SSSR count). The van der Waals surface area contributed by atoms with Gasteiger partial charge >= 0.3 is 0 Å². The third kappa shape index (κ3) is 3.64. The molecule has 0 radical (unpaired) electrons. The molecule has 0 bridgehead atoms. The number of nitro benzene ring substituents is 1. The molecule has 0 amide bonds. The summed E-state index contributed by atoms with van der Waals surface area (Å²) in [6, 6.07) is 3.73. The van der Waals surface area contributed by atoms with Crippen LogP contribution in [0.4, 0.5) is 5.69 Å². The van der Waals surface area contributed by atoms with Crippen molar-refractivity contribution in [2.45, 2.75) is 11.3 Å². The van der Waals surface area contributed by atoms with E-state index in [9.17, 15) is 18.5 Å². The predicted molar refractivity (Wildman–Crippen MR) is 66.9 cm³/mol. The van der Waals surface area contributed by atoms with Gasteiger partial charge < -0.3 is 5.11 Å². The zero-order valence-corrected chi connectivity index (χ0v) is 10.6. The van der Waals surface area contributed by atoms with Crippen molar-refractivity contribution in [1.82, 2.24) is 0 Å². The largest absolute Gasteiger partial charge is 0.396 e. The van der Waals surface area contributed by atoms with Gasteiger partial charge in [0, 0.05) is 18.9 Å². The summed E-state index contributed by atoms with van der Waals surface area (Å²) in [5, 5.41) is 19.5. The molecular formula is C11H13NO5S. The summed E-state index contributed by atoms with van der Waals surface area (Å²) >= 11 is 0. The van der Waals surface area contributed by atoms with Crippen LogP contribution in [0.5, 0.6) is 0 Å². The van der Waals surface area contributed by atoms with Crippen molar-refractivity contribution in [2.75, 3.05) is 12.9 Å². The first kappa shape index (κ1) is 14.3. The first-order chi connectivity index (χ1) is 8.36. The summed E-state index contributed by atoms with van der Waals surface area (Å²) in [5.41, 5.74) is 0.0352. The lowest BCUT2D eigenvalue weighted by Gasteiger charge is -2.01. The molecule has 1 aromatic carbocycles. The first-order valence-corrected chi connectivity index (χ1v) is 7.01. The molecule has 0 aromatic heterocycles. The Labute approximate surface area is 105 Å². The maximum atomic E-state index is 11.3. The van der Waals surface area contributed by atoms with Crippen LogP contribution >= 0.6 is 0 Å². The van der Waals surface area contributed by atoms with Gasteiger partial charge in [-0.05, 0) is 18.6 Å². The second-order valence-electron chi connectivity index (χ2n) is 3.66. The quantitative estimate of drug-likeness (QED) is 0.644. The van der Waals surface area contributed by atoms with Crippen LogP contribution in [-0.4, -0.2) is 31.3 Å². The lowest BCUT2D eigenvalue weighted by molar-refractivity contribution is -0.385. The molecule has 0 atom stereocenters. The molecule has 7 heteroatoms. The molecule has 0 heterocycles. The SMILES string of the molecule is CS(=O)(=O)c1ccc(C=CCCO)c([N+](=O)[O-])c1. The number of sulfone groups is 1. The molecular weight excluding hydrogens is 258 g/mol. The average Bonchev–Trinajstić information content (AvgIpc) is 2.28. The Kier molecular flexibility index (Phi) is 4.57. The third-order valence-electron chi connectivity index (χ3n) is 2.22. The zero-order valence-electron chi connectivity index (χ0n) is 9.74.